The molecule has 2 heterocycles. The highest BCUT2D eigenvalue weighted by Crippen LogP contribution is 2.35. The summed E-state index contributed by atoms with van der Waals surface area (Å²) in [6, 6.07) is 0. The van der Waals surface area contributed by atoms with Crippen molar-refractivity contribution in [1.29, 1.82) is 0 Å². The van der Waals surface area contributed by atoms with Crippen LogP contribution in [0, 0.1) is 0 Å². The Hall–Kier alpha value is 0.170. The maximum atomic E-state index is 4.28. The van der Waals surface area contributed by atoms with Crippen LogP contribution < -0.4 is 0 Å². The molecule has 0 unspecified atom stereocenters. The van der Waals surface area contributed by atoms with E-state index in [2.05, 4.69) is 9.89 Å². The van der Waals surface area contributed by atoms with Crippen molar-refractivity contribution in [3.05, 3.63) is 0 Å². The molecule has 0 radical (unpaired) electrons. The highest BCUT2D eigenvalue weighted by Gasteiger charge is 2.22. The van der Waals surface area contributed by atoms with E-state index in [0.29, 0.717) is 0 Å². The summed E-state index contributed by atoms with van der Waals surface area (Å²) in [6.07, 6.45) is 0. The normalized spacial score (nSPS) is 26.0. The van der Waals surface area contributed by atoms with Crippen molar-refractivity contribution in [3.8, 4) is 0 Å². The monoisotopic (exact) mass is 146 g/mol. The van der Waals surface area contributed by atoms with Gasteiger partial charge in [-0.05, 0) is 10.8 Å². The largest absolute Gasteiger partial charge is 0.339 e. The first kappa shape index (κ1) is 4.99. The third-order valence-corrected chi connectivity index (χ3v) is 3.42. The van der Waals surface area contributed by atoms with E-state index < -0.39 is 0 Å². The Morgan fingerprint density at radius 2 is 2.62 bits per heavy atom. The Morgan fingerprint density at radius 3 is 3.50 bits per heavy atom. The second-order valence-corrected chi connectivity index (χ2v) is 3.99. The minimum absolute atomic E-state index is 1.02. The number of fused-ring (bicyclic) bond motifs is 1. The smallest absolute Gasteiger partial charge is 0.170 e. The first-order valence-corrected chi connectivity index (χ1v) is 4.87. The summed E-state index contributed by atoms with van der Waals surface area (Å²) in [5, 5.41) is 1.25. The molecule has 0 aromatic rings. The summed E-state index contributed by atoms with van der Waals surface area (Å²) in [4.78, 5) is 6.60. The zero-order valence-corrected chi connectivity index (χ0v) is 5.97. The van der Waals surface area contributed by atoms with E-state index in [0.717, 1.165) is 19.0 Å². The molecule has 1 saturated heterocycles. The minimum atomic E-state index is 1.02. The highest BCUT2D eigenvalue weighted by atomic mass is 33.1. The van der Waals surface area contributed by atoms with Gasteiger partial charge in [-0.15, -0.1) is 0 Å². The number of hydrogen-bond acceptors (Lipinski definition) is 4. The van der Waals surface area contributed by atoms with Crippen LogP contribution in [0.2, 0.25) is 0 Å². The van der Waals surface area contributed by atoms with Crippen LogP contribution in [0.4, 0.5) is 0 Å². The summed E-state index contributed by atoms with van der Waals surface area (Å²) in [7, 11) is 3.68. The molecule has 4 heteroatoms. The van der Waals surface area contributed by atoms with Crippen LogP contribution in [-0.2, 0) is 0 Å². The molecule has 0 saturated carbocycles. The van der Waals surface area contributed by atoms with Gasteiger partial charge in [0.25, 0.3) is 0 Å². The average Bonchev–Trinajstić information content (AvgIpc) is 2.15. The summed E-state index contributed by atoms with van der Waals surface area (Å²) >= 11 is 0. The molecule has 2 nitrogen and oxygen atoms in total. The molecule has 0 aromatic heterocycles. The molecule has 0 aliphatic carbocycles. The number of hydrogen-bond donors (Lipinski definition) is 0. The predicted octanol–water partition coefficient (Wildman–Crippen LogP) is 1.01. The quantitative estimate of drug-likeness (QED) is 0.474. The summed E-state index contributed by atoms with van der Waals surface area (Å²) in [6.45, 7) is 2.16. The van der Waals surface area contributed by atoms with Crippen LogP contribution >= 0.6 is 21.6 Å². The van der Waals surface area contributed by atoms with E-state index in [9.17, 15) is 0 Å². The number of nitrogens with zero attached hydrogens (tertiary/aromatic N) is 2. The Bertz CT molecular complexity index is 134. The van der Waals surface area contributed by atoms with E-state index in [1.807, 2.05) is 10.8 Å². The van der Waals surface area contributed by atoms with Crippen molar-refractivity contribution in [2.75, 3.05) is 19.0 Å². The molecule has 1 fully saturated rings. The Labute approximate surface area is 56.1 Å². The van der Waals surface area contributed by atoms with Crippen molar-refractivity contribution in [2.45, 2.75) is 0 Å². The maximum Gasteiger partial charge on any atom is 0.170 e. The SMILES string of the molecule is C1CN2CSSC2=N1. The lowest BCUT2D eigenvalue weighted by Crippen LogP contribution is -2.19. The molecule has 0 N–H and O–H groups in total. The van der Waals surface area contributed by atoms with Gasteiger partial charge in [0, 0.05) is 6.54 Å². The fourth-order valence-electron chi connectivity index (χ4n) is 0.804. The fraction of sp³-hybridized carbons (Fsp3) is 0.750. The van der Waals surface area contributed by atoms with Crippen LogP contribution in [0.15, 0.2) is 4.99 Å². The highest BCUT2D eigenvalue weighted by molar-refractivity contribution is 8.82. The van der Waals surface area contributed by atoms with Crippen LogP contribution in [0.5, 0.6) is 0 Å². The predicted molar refractivity (Wildman–Crippen MR) is 39.1 cm³/mol. The van der Waals surface area contributed by atoms with E-state index in [-0.39, 0.29) is 0 Å². The third-order valence-electron chi connectivity index (χ3n) is 1.23. The number of rotatable bonds is 0. The lowest BCUT2D eigenvalue weighted by molar-refractivity contribution is 0.549. The number of aliphatic imine (C=N–C) groups is 1. The third kappa shape index (κ3) is 0.631. The van der Waals surface area contributed by atoms with E-state index in [4.69, 9.17) is 0 Å². The van der Waals surface area contributed by atoms with Crippen LogP contribution in [0.25, 0.3) is 0 Å². The Balaban J connectivity index is 2.20. The van der Waals surface area contributed by atoms with Gasteiger partial charge in [-0.3, -0.25) is 4.99 Å². The topological polar surface area (TPSA) is 15.6 Å². The summed E-state index contributed by atoms with van der Waals surface area (Å²) in [5.41, 5.74) is 0. The first-order valence-electron chi connectivity index (χ1n) is 2.56. The molecule has 0 aromatic carbocycles. The van der Waals surface area contributed by atoms with Crippen LogP contribution in [-0.4, -0.2) is 29.0 Å². The second-order valence-electron chi connectivity index (χ2n) is 1.76. The van der Waals surface area contributed by atoms with Crippen molar-refractivity contribution in [3.63, 3.8) is 0 Å². The molecular formula is C4H6N2S2. The standard InChI is InChI=1S/C4H6N2S2/c1-2-6-3-7-8-4(6)5-1/h1-3H2. The van der Waals surface area contributed by atoms with Crippen LogP contribution in [0.1, 0.15) is 0 Å². The number of amidine groups is 1. The molecule has 0 atom stereocenters. The zero-order chi connectivity index (χ0) is 5.40. The van der Waals surface area contributed by atoms with Crippen molar-refractivity contribution < 1.29 is 0 Å². The van der Waals surface area contributed by atoms with Gasteiger partial charge in [0.1, 0.15) is 0 Å². The second kappa shape index (κ2) is 1.84. The van der Waals surface area contributed by atoms with Gasteiger partial charge < -0.3 is 4.90 Å². The van der Waals surface area contributed by atoms with E-state index in [1.165, 1.54) is 5.17 Å². The minimum Gasteiger partial charge on any atom is -0.339 e. The molecule has 2 aliphatic heterocycles. The molecule has 8 heavy (non-hydrogen) atoms. The first-order chi connectivity index (χ1) is 3.97. The Kier molecular flexibility index (Phi) is 1.15. The molecular weight excluding hydrogens is 140 g/mol. The van der Waals surface area contributed by atoms with Gasteiger partial charge in [-0.25, -0.2) is 0 Å². The van der Waals surface area contributed by atoms with Crippen molar-refractivity contribution >= 4 is 26.8 Å². The fourth-order valence-corrected chi connectivity index (χ4v) is 3.16. The summed E-state index contributed by atoms with van der Waals surface area (Å²) in [5.74, 6) is 1.14. The van der Waals surface area contributed by atoms with Crippen molar-refractivity contribution in [2.24, 2.45) is 4.99 Å². The molecule has 44 valence electrons. The average molecular weight is 146 g/mol. The molecule has 2 aliphatic rings. The van der Waals surface area contributed by atoms with Gasteiger partial charge in [0.05, 0.1) is 12.4 Å². The van der Waals surface area contributed by atoms with Gasteiger partial charge >= 0.3 is 0 Å². The van der Waals surface area contributed by atoms with E-state index in [1.54, 1.807) is 10.8 Å². The molecule has 0 amide bonds. The lowest BCUT2D eigenvalue weighted by atomic mass is 10.6. The zero-order valence-electron chi connectivity index (χ0n) is 4.33. The lowest BCUT2D eigenvalue weighted by Gasteiger charge is -2.05. The van der Waals surface area contributed by atoms with Crippen molar-refractivity contribution in [1.82, 2.24) is 4.90 Å². The maximum absolute atomic E-state index is 4.28. The van der Waals surface area contributed by atoms with Crippen LogP contribution in [0.3, 0.4) is 0 Å². The molecule has 0 bridgehead atoms. The van der Waals surface area contributed by atoms with Gasteiger partial charge in [-0.1, -0.05) is 10.8 Å². The molecule has 0 spiro atoms. The van der Waals surface area contributed by atoms with Gasteiger partial charge in [-0.2, -0.15) is 0 Å². The molecule has 2 rings (SSSR count). The van der Waals surface area contributed by atoms with E-state index >= 15 is 0 Å². The van der Waals surface area contributed by atoms with Gasteiger partial charge in [0.15, 0.2) is 5.17 Å². The van der Waals surface area contributed by atoms with Gasteiger partial charge in [0.2, 0.25) is 0 Å². The summed E-state index contributed by atoms with van der Waals surface area (Å²) < 4.78 is 0. The Morgan fingerprint density at radius 1 is 1.62 bits per heavy atom.